The summed E-state index contributed by atoms with van der Waals surface area (Å²) >= 11 is 0. The molecule has 1 atom stereocenters. The fraction of sp³-hybridized carbons (Fsp3) is 0.412. The Morgan fingerprint density at radius 2 is 1.83 bits per heavy atom. The molecule has 0 spiro atoms. The zero-order valence-corrected chi connectivity index (χ0v) is 13.9. The molecule has 0 aliphatic carbocycles. The Bertz CT molecular complexity index is 567. The van der Waals surface area contributed by atoms with Crippen LogP contribution in [-0.2, 0) is 16.1 Å². The van der Waals surface area contributed by atoms with E-state index in [-0.39, 0.29) is 5.92 Å². The number of benzene rings is 1. The second kappa shape index (κ2) is 8.82. The quantitative estimate of drug-likeness (QED) is 0.531. The first-order valence-corrected chi connectivity index (χ1v) is 7.43. The summed E-state index contributed by atoms with van der Waals surface area (Å²) in [6.45, 7) is 5.96. The van der Waals surface area contributed by atoms with Gasteiger partial charge in [0, 0.05) is 12.2 Å². The van der Waals surface area contributed by atoms with Crippen LogP contribution in [0.1, 0.15) is 26.3 Å². The number of rotatable bonds is 7. The highest BCUT2D eigenvalue weighted by Gasteiger charge is 2.28. The van der Waals surface area contributed by atoms with Gasteiger partial charge in [0.15, 0.2) is 0 Å². The van der Waals surface area contributed by atoms with Crippen molar-refractivity contribution in [2.24, 2.45) is 5.92 Å². The van der Waals surface area contributed by atoms with Gasteiger partial charge in [-0.2, -0.15) is 0 Å². The van der Waals surface area contributed by atoms with Gasteiger partial charge in [0.25, 0.3) is 0 Å². The van der Waals surface area contributed by atoms with Crippen molar-refractivity contribution < 1.29 is 19.4 Å². The number of allylic oxidation sites excluding steroid dienone is 1. The largest absolute Gasteiger partial charge is 0.466 e. The highest BCUT2D eigenvalue weighted by Crippen LogP contribution is 2.17. The molecule has 6 nitrogen and oxygen atoms in total. The normalized spacial score (nSPS) is 13.1. The second-order valence-corrected chi connectivity index (χ2v) is 5.54. The van der Waals surface area contributed by atoms with Crippen molar-refractivity contribution in [2.45, 2.75) is 33.4 Å². The topological polar surface area (TPSA) is 87.7 Å². The number of carbonyl (C=O) groups excluding carboxylic acids is 1. The molecule has 1 aromatic carbocycles. The number of carbonyl (C=O) groups is 2. The van der Waals surface area contributed by atoms with E-state index in [2.05, 4.69) is 10.6 Å². The van der Waals surface area contributed by atoms with Crippen LogP contribution in [0.3, 0.4) is 0 Å². The van der Waals surface area contributed by atoms with Crippen molar-refractivity contribution in [1.82, 2.24) is 10.6 Å². The first-order valence-electron chi connectivity index (χ1n) is 7.43. The van der Waals surface area contributed by atoms with E-state index in [0.717, 1.165) is 5.56 Å². The SMILES string of the molecule is COC(=O)C(=C(C)NCc1ccccc1)C(NC(=O)O)C(C)C. The number of carboxylic acid groups (broad SMARTS) is 1. The molecule has 0 saturated carbocycles. The number of esters is 1. The number of ether oxygens (including phenoxy) is 1. The monoisotopic (exact) mass is 320 g/mol. The number of nitrogens with one attached hydrogen (secondary N) is 2. The zero-order chi connectivity index (χ0) is 17.4. The molecule has 0 radical (unpaired) electrons. The highest BCUT2D eigenvalue weighted by atomic mass is 16.5. The lowest BCUT2D eigenvalue weighted by molar-refractivity contribution is -0.136. The molecule has 0 fully saturated rings. The van der Waals surface area contributed by atoms with Gasteiger partial charge in [-0.15, -0.1) is 0 Å². The molecule has 1 amide bonds. The van der Waals surface area contributed by atoms with Crippen molar-refractivity contribution in [3.8, 4) is 0 Å². The number of hydrogen-bond donors (Lipinski definition) is 3. The number of hydrogen-bond acceptors (Lipinski definition) is 4. The Labute approximate surface area is 136 Å². The molecule has 0 saturated heterocycles. The van der Waals surface area contributed by atoms with Crippen molar-refractivity contribution in [3.63, 3.8) is 0 Å². The van der Waals surface area contributed by atoms with E-state index < -0.39 is 18.1 Å². The van der Waals surface area contributed by atoms with Gasteiger partial charge in [-0.05, 0) is 18.4 Å². The summed E-state index contributed by atoms with van der Waals surface area (Å²) < 4.78 is 4.83. The van der Waals surface area contributed by atoms with E-state index in [1.807, 2.05) is 44.2 Å². The summed E-state index contributed by atoms with van der Waals surface area (Å²) in [7, 11) is 1.28. The minimum absolute atomic E-state index is 0.103. The van der Waals surface area contributed by atoms with Gasteiger partial charge in [-0.1, -0.05) is 44.2 Å². The van der Waals surface area contributed by atoms with Crippen molar-refractivity contribution in [2.75, 3.05) is 7.11 Å². The summed E-state index contributed by atoms with van der Waals surface area (Å²) in [5.41, 5.74) is 1.94. The van der Waals surface area contributed by atoms with E-state index in [9.17, 15) is 9.59 Å². The van der Waals surface area contributed by atoms with Crippen LogP contribution in [0.15, 0.2) is 41.6 Å². The first kappa shape index (κ1) is 18.5. The summed E-state index contributed by atoms with van der Waals surface area (Å²) in [6, 6.07) is 9.07. The highest BCUT2D eigenvalue weighted by molar-refractivity contribution is 5.91. The first-order chi connectivity index (χ1) is 10.9. The van der Waals surface area contributed by atoms with Gasteiger partial charge in [0.1, 0.15) is 0 Å². The van der Waals surface area contributed by atoms with E-state index in [0.29, 0.717) is 17.8 Å². The summed E-state index contributed by atoms with van der Waals surface area (Å²) in [5, 5.41) is 14.6. The van der Waals surface area contributed by atoms with Crippen LogP contribution in [0.2, 0.25) is 0 Å². The van der Waals surface area contributed by atoms with Gasteiger partial charge < -0.3 is 20.5 Å². The molecular weight excluding hydrogens is 296 g/mol. The van der Waals surface area contributed by atoms with Crippen LogP contribution in [-0.4, -0.2) is 30.3 Å². The predicted octanol–water partition coefficient (Wildman–Crippen LogP) is 2.52. The lowest BCUT2D eigenvalue weighted by Gasteiger charge is -2.25. The predicted molar refractivity (Wildman–Crippen MR) is 87.8 cm³/mol. The van der Waals surface area contributed by atoms with Crippen LogP contribution in [0, 0.1) is 5.92 Å². The van der Waals surface area contributed by atoms with Crippen molar-refractivity contribution >= 4 is 12.1 Å². The van der Waals surface area contributed by atoms with E-state index in [4.69, 9.17) is 9.84 Å². The molecule has 1 aromatic rings. The van der Waals surface area contributed by atoms with Gasteiger partial charge in [0.2, 0.25) is 0 Å². The van der Waals surface area contributed by atoms with Crippen LogP contribution in [0.25, 0.3) is 0 Å². The maximum atomic E-state index is 12.1. The molecule has 0 aliphatic heterocycles. The minimum atomic E-state index is -1.18. The second-order valence-electron chi connectivity index (χ2n) is 5.54. The van der Waals surface area contributed by atoms with Gasteiger partial charge in [-0.3, -0.25) is 0 Å². The number of methoxy groups -OCH3 is 1. The lowest BCUT2D eigenvalue weighted by Crippen LogP contribution is -2.43. The molecular formula is C17H24N2O4. The smallest absolute Gasteiger partial charge is 0.405 e. The summed E-state index contributed by atoms with van der Waals surface area (Å²) in [6.07, 6.45) is -1.18. The minimum Gasteiger partial charge on any atom is -0.466 e. The lowest BCUT2D eigenvalue weighted by atomic mass is 9.94. The molecule has 0 heterocycles. The van der Waals surface area contributed by atoms with Crippen molar-refractivity contribution in [1.29, 1.82) is 0 Å². The third-order valence-corrected chi connectivity index (χ3v) is 3.47. The molecule has 0 bridgehead atoms. The van der Waals surface area contributed by atoms with Crippen LogP contribution < -0.4 is 10.6 Å². The Hall–Kier alpha value is -2.50. The maximum Gasteiger partial charge on any atom is 0.405 e. The third-order valence-electron chi connectivity index (χ3n) is 3.47. The van der Waals surface area contributed by atoms with Crippen LogP contribution in [0.4, 0.5) is 4.79 Å². The molecule has 23 heavy (non-hydrogen) atoms. The van der Waals surface area contributed by atoms with Crippen molar-refractivity contribution in [3.05, 3.63) is 47.2 Å². The molecule has 6 heteroatoms. The third kappa shape index (κ3) is 5.65. The summed E-state index contributed by atoms with van der Waals surface area (Å²) in [4.78, 5) is 23.2. The molecule has 0 aliphatic rings. The summed E-state index contributed by atoms with van der Waals surface area (Å²) in [5.74, 6) is -0.649. The molecule has 0 aromatic heterocycles. The molecule has 3 N–H and O–H groups in total. The average molecular weight is 320 g/mol. The fourth-order valence-electron chi connectivity index (χ4n) is 2.25. The van der Waals surface area contributed by atoms with E-state index in [1.54, 1.807) is 6.92 Å². The molecule has 126 valence electrons. The van der Waals surface area contributed by atoms with Crippen LogP contribution in [0.5, 0.6) is 0 Å². The Morgan fingerprint density at radius 1 is 1.22 bits per heavy atom. The fourth-order valence-corrected chi connectivity index (χ4v) is 2.25. The Kier molecular flexibility index (Phi) is 7.12. The van der Waals surface area contributed by atoms with Crippen LogP contribution >= 0.6 is 0 Å². The van der Waals surface area contributed by atoms with Gasteiger partial charge >= 0.3 is 12.1 Å². The van der Waals surface area contributed by atoms with Gasteiger partial charge in [-0.25, -0.2) is 9.59 Å². The Morgan fingerprint density at radius 3 is 2.30 bits per heavy atom. The zero-order valence-electron chi connectivity index (χ0n) is 13.9. The van der Waals surface area contributed by atoms with E-state index in [1.165, 1.54) is 7.11 Å². The number of amides is 1. The standard InChI is InChI=1S/C17H24N2O4/c1-11(2)15(19-17(21)22)14(16(20)23-4)12(3)18-10-13-8-6-5-7-9-13/h5-9,11,15,18-19H,10H2,1-4H3,(H,21,22). The average Bonchev–Trinajstić information content (AvgIpc) is 2.52. The maximum absolute atomic E-state index is 12.1. The molecule has 1 rings (SSSR count). The van der Waals surface area contributed by atoms with Gasteiger partial charge in [0.05, 0.1) is 18.7 Å². The molecule has 1 unspecified atom stereocenters. The van der Waals surface area contributed by atoms with E-state index >= 15 is 0 Å². The Balaban J connectivity index is 3.05.